The van der Waals surface area contributed by atoms with Gasteiger partial charge >= 0.3 is 0 Å². The Bertz CT molecular complexity index is 837. The maximum absolute atomic E-state index is 13.2. The van der Waals surface area contributed by atoms with Gasteiger partial charge < -0.3 is 24.0 Å². The van der Waals surface area contributed by atoms with Crippen LogP contribution in [0.2, 0.25) is 0 Å². The molecule has 3 rings (SSSR count). The average molecular weight is 415 g/mol. The fourth-order valence-electron chi connectivity index (χ4n) is 4.03. The number of ether oxygens (including phenoxy) is 3. The van der Waals surface area contributed by atoms with Gasteiger partial charge in [-0.2, -0.15) is 5.26 Å². The fourth-order valence-corrected chi connectivity index (χ4v) is 4.03. The first-order valence-electron chi connectivity index (χ1n) is 10.2. The highest BCUT2D eigenvalue weighted by Gasteiger charge is 2.35. The third-order valence-electron chi connectivity index (χ3n) is 6.00. The lowest BCUT2D eigenvalue weighted by Gasteiger charge is -2.39. The number of benzene rings is 1. The van der Waals surface area contributed by atoms with Gasteiger partial charge in [0.15, 0.2) is 0 Å². The van der Waals surface area contributed by atoms with Crippen LogP contribution in [0.4, 0.5) is 0 Å². The molecular weight excluding hydrogens is 386 g/mol. The number of methoxy groups -OCH3 is 1. The Balaban J connectivity index is 1.96. The van der Waals surface area contributed by atoms with Crippen molar-refractivity contribution >= 4 is 11.8 Å². The number of hydrogen-bond acceptors (Lipinski definition) is 6. The second-order valence-corrected chi connectivity index (χ2v) is 7.89. The molecule has 2 amide bonds. The molecule has 162 valence electrons. The summed E-state index contributed by atoms with van der Waals surface area (Å²) in [5, 5.41) is 9.49. The third kappa shape index (κ3) is 4.42. The molecule has 2 aliphatic rings. The standard InChI is InChI=1S/C22H29N3O5/c1-14-21(26)24(2)13-19-18(28-4)9-8-16(30-19)10-11-29-20-15(12-23)6-5-7-17(20)22(27)25(14)3/h5-7,14,16,18-19H,8-11,13H2,1-4H3/t14-,16-,18+,19+/m1/s1. The summed E-state index contributed by atoms with van der Waals surface area (Å²) in [7, 11) is 4.95. The maximum atomic E-state index is 13.2. The van der Waals surface area contributed by atoms with Crippen molar-refractivity contribution in [2.75, 3.05) is 34.4 Å². The molecule has 8 heteroatoms. The summed E-state index contributed by atoms with van der Waals surface area (Å²) >= 11 is 0. The molecule has 2 aliphatic heterocycles. The minimum Gasteiger partial charge on any atom is -0.491 e. The molecule has 0 spiro atoms. The van der Waals surface area contributed by atoms with Crippen molar-refractivity contribution in [3.63, 3.8) is 0 Å². The quantitative estimate of drug-likeness (QED) is 0.695. The largest absolute Gasteiger partial charge is 0.491 e. The normalized spacial score (nSPS) is 28.2. The second-order valence-electron chi connectivity index (χ2n) is 7.89. The van der Waals surface area contributed by atoms with Gasteiger partial charge in [-0.25, -0.2) is 0 Å². The molecule has 0 aromatic heterocycles. The zero-order valence-electron chi connectivity index (χ0n) is 18.0. The smallest absolute Gasteiger partial charge is 0.258 e. The Morgan fingerprint density at radius 1 is 1.20 bits per heavy atom. The summed E-state index contributed by atoms with van der Waals surface area (Å²) in [6, 6.07) is 6.29. The molecule has 2 bridgehead atoms. The van der Waals surface area contributed by atoms with Gasteiger partial charge in [0.05, 0.1) is 29.9 Å². The van der Waals surface area contributed by atoms with Crippen molar-refractivity contribution in [1.82, 2.24) is 9.80 Å². The van der Waals surface area contributed by atoms with Gasteiger partial charge in [-0.3, -0.25) is 9.59 Å². The van der Waals surface area contributed by atoms with Crippen molar-refractivity contribution in [3.05, 3.63) is 29.3 Å². The molecule has 0 aliphatic carbocycles. The van der Waals surface area contributed by atoms with E-state index in [9.17, 15) is 14.9 Å². The van der Waals surface area contributed by atoms with E-state index in [1.165, 1.54) is 4.90 Å². The first-order valence-corrected chi connectivity index (χ1v) is 10.2. The van der Waals surface area contributed by atoms with E-state index in [0.29, 0.717) is 25.1 Å². The Kier molecular flexibility index (Phi) is 6.95. The summed E-state index contributed by atoms with van der Waals surface area (Å²) in [6.07, 6.45) is 1.89. The molecule has 8 nitrogen and oxygen atoms in total. The number of amides is 2. The van der Waals surface area contributed by atoms with Crippen LogP contribution in [0.25, 0.3) is 0 Å². The Morgan fingerprint density at radius 2 is 1.97 bits per heavy atom. The van der Waals surface area contributed by atoms with E-state index in [0.717, 1.165) is 12.8 Å². The molecule has 30 heavy (non-hydrogen) atoms. The second kappa shape index (κ2) is 9.45. The van der Waals surface area contributed by atoms with Crippen molar-refractivity contribution in [3.8, 4) is 11.8 Å². The predicted molar refractivity (Wildman–Crippen MR) is 109 cm³/mol. The molecular formula is C22H29N3O5. The van der Waals surface area contributed by atoms with E-state index >= 15 is 0 Å². The molecule has 0 unspecified atom stereocenters. The fraction of sp³-hybridized carbons (Fsp3) is 0.591. The van der Waals surface area contributed by atoms with Crippen LogP contribution in [0.3, 0.4) is 0 Å². The minimum atomic E-state index is -0.690. The lowest BCUT2D eigenvalue weighted by atomic mass is 9.98. The summed E-state index contributed by atoms with van der Waals surface area (Å²) in [5.41, 5.74) is 0.567. The van der Waals surface area contributed by atoms with Crippen LogP contribution >= 0.6 is 0 Å². The SMILES string of the molecule is CO[C@H]1CC[C@@H]2CCOc3c(C#N)cccc3C(=O)N(C)[C@H](C)C(=O)N(C)C[C@@H]1O2. The molecule has 4 atom stereocenters. The van der Waals surface area contributed by atoms with E-state index in [4.69, 9.17) is 14.2 Å². The number of nitrogens with zero attached hydrogens (tertiary/aromatic N) is 3. The molecule has 1 aromatic carbocycles. The number of nitriles is 1. The first kappa shape index (κ1) is 22.1. The van der Waals surface area contributed by atoms with E-state index < -0.39 is 6.04 Å². The number of fused-ring (bicyclic) bond motifs is 3. The Labute approximate surface area is 177 Å². The molecule has 1 saturated heterocycles. The van der Waals surface area contributed by atoms with Crippen LogP contribution in [0.1, 0.15) is 42.1 Å². The summed E-state index contributed by atoms with van der Waals surface area (Å²) in [5.74, 6) is -0.300. The monoisotopic (exact) mass is 415 g/mol. The number of carbonyl (C=O) groups is 2. The molecule has 0 N–H and O–H groups in total. The molecule has 0 radical (unpaired) electrons. The average Bonchev–Trinajstić information content (AvgIpc) is 2.76. The van der Waals surface area contributed by atoms with Crippen LogP contribution in [0.5, 0.6) is 5.75 Å². The highest BCUT2D eigenvalue weighted by Crippen LogP contribution is 2.28. The number of rotatable bonds is 1. The number of carbonyl (C=O) groups excluding carboxylic acids is 2. The topological polar surface area (TPSA) is 92.1 Å². The zero-order valence-corrected chi connectivity index (χ0v) is 18.0. The van der Waals surface area contributed by atoms with Gasteiger partial charge in [0, 0.05) is 34.2 Å². The highest BCUT2D eigenvalue weighted by atomic mass is 16.5. The Hall–Kier alpha value is -2.63. The van der Waals surface area contributed by atoms with E-state index in [1.807, 2.05) is 0 Å². The molecule has 1 fully saturated rings. The van der Waals surface area contributed by atoms with Crippen molar-refractivity contribution in [1.29, 1.82) is 5.26 Å². The van der Waals surface area contributed by atoms with Gasteiger partial charge in [-0.05, 0) is 31.9 Å². The Morgan fingerprint density at radius 3 is 2.67 bits per heavy atom. The lowest BCUT2D eigenvalue weighted by molar-refractivity contribution is -0.152. The third-order valence-corrected chi connectivity index (χ3v) is 6.00. The summed E-state index contributed by atoms with van der Waals surface area (Å²) in [4.78, 5) is 29.1. The number of hydrogen-bond donors (Lipinski definition) is 0. The van der Waals surface area contributed by atoms with Crippen molar-refractivity contribution in [2.45, 2.75) is 50.5 Å². The van der Waals surface area contributed by atoms with Crippen LogP contribution in [-0.2, 0) is 14.3 Å². The van der Waals surface area contributed by atoms with Crippen LogP contribution in [0, 0.1) is 11.3 Å². The van der Waals surface area contributed by atoms with Gasteiger partial charge in [-0.15, -0.1) is 0 Å². The highest BCUT2D eigenvalue weighted by molar-refractivity contribution is 6.00. The van der Waals surface area contributed by atoms with Gasteiger partial charge in [-0.1, -0.05) is 6.07 Å². The zero-order chi connectivity index (χ0) is 21.8. The molecule has 0 saturated carbocycles. The van der Waals surface area contributed by atoms with Crippen LogP contribution in [0.15, 0.2) is 18.2 Å². The number of likely N-dealkylation sites (N-methyl/N-ethyl adjacent to an activating group) is 2. The molecule has 1 aromatic rings. The predicted octanol–water partition coefficient (Wildman–Crippen LogP) is 1.82. The van der Waals surface area contributed by atoms with E-state index in [2.05, 4.69) is 6.07 Å². The minimum absolute atomic E-state index is 0.0404. The van der Waals surface area contributed by atoms with Gasteiger partial charge in [0.25, 0.3) is 5.91 Å². The van der Waals surface area contributed by atoms with Crippen LogP contribution < -0.4 is 4.74 Å². The van der Waals surface area contributed by atoms with Gasteiger partial charge in [0.2, 0.25) is 5.91 Å². The summed E-state index contributed by atoms with van der Waals surface area (Å²) < 4.78 is 17.7. The first-order chi connectivity index (χ1) is 14.4. The van der Waals surface area contributed by atoms with Crippen molar-refractivity contribution < 1.29 is 23.8 Å². The van der Waals surface area contributed by atoms with E-state index in [1.54, 1.807) is 51.2 Å². The lowest BCUT2D eigenvalue weighted by Crippen LogP contribution is -2.52. The van der Waals surface area contributed by atoms with Crippen LogP contribution in [-0.4, -0.2) is 80.3 Å². The number of para-hydroxylation sites is 1. The van der Waals surface area contributed by atoms with E-state index in [-0.39, 0.29) is 41.4 Å². The van der Waals surface area contributed by atoms with Gasteiger partial charge in [0.1, 0.15) is 24.0 Å². The maximum Gasteiger partial charge on any atom is 0.258 e. The summed E-state index contributed by atoms with van der Waals surface area (Å²) in [6.45, 7) is 2.40. The molecule has 2 heterocycles. The van der Waals surface area contributed by atoms with Crippen molar-refractivity contribution in [2.24, 2.45) is 0 Å².